The Bertz CT molecular complexity index is 1020. The molecule has 150 valence electrons. The van der Waals surface area contributed by atoms with Crippen LogP contribution in [0.15, 0.2) is 36.1 Å². The molecule has 0 aliphatic carbocycles. The standard InChI is InChI=1S/C22H25N5OS/c1-14-9-16(3)18(10-15(14)2)19-13-29-22(25-19)26-21(28)17-5-4-8-27(12-17)20-11-23-6-7-24-20/h6-7,9-11,13,17H,4-5,8,12H2,1-3H3,(H,25,26,28). The van der Waals surface area contributed by atoms with Gasteiger partial charge in [-0.15, -0.1) is 11.3 Å². The molecule has 0 spiro atoms. The highest BCUT2D eigenvalue weighted by molar-refractivity contribution is 7.14. The van der Waals surface area contributed by atoms with Crippen LogP contribution in [0.2, 0.25) is 0 Å². The van der Waals surface area contributed by atoms with E-state index in [1.807, 2.05) is 5.38 Å². The maximum Gasteiger partial charge on any atom is 0.231 e. The Balaban J connectivity index is 1.45. The van der Waals surface area contributed by atoms with Gasteiger partial charge < -0.3 is 10.2 Å². The van der Waals surface area contributed by atoms with Gasteiger partial charge in [-0.25, -0.2) is 9.97 Å². The second kappa shape index (κ2) is 8.29. The monoisotopic (exact) mass is 407 g/mol. The molecule has 1 unspecified atom stereocenters. The van der Waals surface area contributed by atoms with E-state index < -0.39 is 0 Å². The molecule has 1 aliphatic heterocycles. The molecule has 1 saturated heterocycles. The van der Waals surface area contributed by atoms with Crippen molar-refractivity contribution >= 4 is 28.2 Å². The van der Waals surface area contributed by atoms with Crippen LogP contribution in [0, 0.1) is 26.7 Å². The van der Waals surface area contributed by atoms with Gasteiger partial charge in [0.15, 0.2) is 5.13 Å². The van der Waals surface area contributed by atoms with Gasteiger partial charge in [-0.05, 0) is 56.4 Å². The second-order valence-electron chi connectivity index (χ2n) is 7.63. The van der Waals surface area contributed by atoms with E-state index in [4.69, 9.17) is 0 Å². The van der Waals surface area contributed by atoms with Crippen molar-refractivity contribution in [2.24, 2.45) is 5.92 Å². The molecule has 3 heterocycles. The fourth-order valence-electron chi connectivity index (χ4n) is 3.75. The molecule has 1 fully saturated rings. The van der Waals surface area contributed by atoms with E-state index in [9.17, 15) is 4.79 Å². The fraction of sp³-hybridized carbons (Fsp3) is 0.364. The van der Waals surface area contributed by atoms with Crippen LogP contribution in [0.5, 0.6) is 0 Å². The summed E-state index contributed by atoms with van der Waals surface area (Å²) in [6.07, 6.45) is 6.93. The number of aryl methyl sites for hydroxylation is 3. The molecule has 1 aliphatic rings. The van der Waals surface area contributed by atoms with Crippen LogP contribution in [0.3, 0.4) is 0 Å². The zero-order valence-electron chi connectivity index (χ0n) is 17.0. The summed E-state index contributed by atoms with van der Waals surface area (Å²) in [6.45, 7) is 7.88. The third-order valence-electron chi connectivity index (χ3n) is 5.52. The van der Waals surface area contributed by atoms with Gasteiger partial charge in [0.25, 0.3) is 0 Å². The van der Waals surface area contributed by atoms with Crippen LogP contribution >= 0.6 is 11.3 Å². The SMILES string of the molecule is Cc1cc(C)c(-c2csc(NC(=O)C3CCCN(c4cnccn4)C3)n2)cc1C. The molecule has 1 amide bonds. The molecule has 1 aromatic carbocycles. The minimum atomic E-state index is -0.0820. The molecule has 29 heavy (non-hydrogen) atoms. The van der Waals surface area contributed by atoms with E-state index in [1.165, 1.54) is 28.0 Å². The number of hydrogen-bond acceptors (Lipinski definition) is 6. The average molecular weight is 408 g/mol. The maximum absolute atomic E-state index is 12.8. The van der Waals surface area contributed by atoms with Gasteiger partial charge in [-0.1, -0.05) is 6.07 Å². The highest BCUT2D eigenvalue weighted by Gasteiger charge is 2.27. The number of thiazole rings is 1. The molecule has 1 N–H and O–H groups in total. The van der Waals surface area contributed by atoms with E-state index in [0.29, 0.717) is 11.7 Å². The number of rotatable bonds is 4. The molecular formula is C22H25N5OS. The van der Waals surface area contributed by atoms with E-state index in [1.54, 1.807) is 18.6 Å². The van der Waals surface area contributed by atoms with Gasteiger partial charge >= 0.3 is 0 Å². The van der Waals surface area contributed by atoms with Gasteiger partial charge in [0.1, 0.15) is 5.82 Å². The first-order chi connectivity index (χ1) is 14.0. The Hall–Kier alpha value is -2.80. The van der Waals surface area contributed by atoms with Gasteiger partial charge in [0.2, 0.25) is 5.91 Å². The zero-order valence-corrected chi connectivity index (χ0v) is 17.8. The van der Waals surface area contributed by atoms with Gasteiger partial charge in [0.05, 0.1) is 17.8 Å². The second-order valence-corrected chi connectivity index (χ2v) is 8.49. The molecule has 7 heteroatoms. The zero-order chi connectivity index (χ0) is 20.4. The van der Waals surface area contributed by atoms with Crippen molar-refractivity contribution in [3.63, 3.8) is 0 Å². The van der Waals surface area contributed by atoms with Crippen molar-refractivity contribution in [1.82, 2.24) is 15.0 Å². The van der Waals surface area contributed by atoms with Gasteiger partial charge in [-0.3, -0.25) is 9.78 Å². The van der Waals surface area contributed by atoms with Crippen molar-refractivity contribution in [2.45, 2.75) is 33.6 Å². The van der Waals surface area contributed by atoms with Crippen molar-refractivity contribution in [3.05, 3.63) is 52.8 Å². The predicted octanol–water partition coefficient (Wildman–Crippen LogP) is 4.38. The number of carbonyl (C=O) groups excluding carboxylic acids is 1. The summed E-state index contributed by atoms with van der Waals surface area (Å²) < 4.78 is 0. The highest BCUT2D eigenvalue weighted by Crippen LogP contribution is 2.30. The first-order valence-corrected chi connectivity index (χ1v) is 10.7. The van der Waals surface area contributed by atoms with Crippen LogP contribution in [-0.2, 0) is 4.79 Å². The summed E-state index contributed by atoms with van der Waals surface area (Å²) >= 11 is 1.47. The van der Waals surface area contributed by atoms with E-state index in [-0.39, 0.29) is 11.8 Å². The summed E-state index contributed by atoms with van der Waals surface area (Å²) in [5.41, 5.74) is 5.76. The summed E-state index contributed by atoms with van der Waals surface area (Å²) in [6, 6.07) is 4.36. The minimum absolute atomic E-state index is 0.0244. The lowest BCUT2D eigenvalue weighted by atomic mass is 9.97. The number of anilines is 2. The quantitative estimate of drug-likeness (QED) is 0.695. The fourth-order valence-corrected chi connectivity index (χ4v) is 4.47. The maximum atomic E-state index is 12.8. The van der Waals surface area contributed by atoms with Crippen molar-refractivity contribution in [3.8, 4) is 11.3 Å². The average Bonchev–Trinajstić information content (AvgIpc) is 3.19. The van der Waals surface area contributed by atoms with Crippen LogP contribution in [0.1, 0.15) is 29.5 Å². The first kappa shape index (κ1) is 19.5. The number of benzene rings is 1. The van der Waals surface area contributed by atoms with Crippen molar-refractivity contribution in [1.29, 1.82) is 0 Å². The molecule has 3 aromatic rings. The Morgan fingerprint density at radius 1 is 1.17 bits per heavy atom. The largest absolute Gasteiger partial charge is 0.355 e. The normalized spacial score (nSPS) is 16.7. The molecular weight excluding hydrogens is 382 g/mol. The summed E-state index contributed by atoms with van der Waals surface area (Å²) in [4.78, 5) is 28.1. The van der Waals surface area contributed by atoms with E-state index >= 15 is 0 Å². The Labute approximate surface area is 175 Å². The number of piperidine rings is 1. The number of hydrogen-bond donors (Lipinski definition) is 1. The Kier molecular flexibility index (Phi) is 5.58. The molecule has 0 radical (unpaired) electrons. The lowest BCUT2D eigenvalue weighted by Gasteiger charge is -2.32. The summed E-state index contributed by atoms with van der Waals surface area (Å²) in [5, 5.41) is 5.69. The predicted molar refractivity (Wildman–Crippen MR) is 117 cm³/mol. The molecule has 6 nitrogen and oxygen atoms in total. The van der Waals surface area contributed by atoms with Crippen LogP contribution in [-0.4, -0.2) is 33.9 Å². The van der Waals surface area contributed by atoms with E-state index in [0.717, 1.165) is 36.5 Å². The number of amides is 1. The van der Waals surface area contributed by atoms with Gasteiger partial charge in [-0.2, -0.15) is 0 Å². The lowest BCUT2D eigenvalue weighted by Crippen LogP contribution is -2.41. The number of nitrogens with one attached hydrogen (secondary N) is 1. The summed E-state index contributed by atoms with van der Waals surface area (Å²) in [5.74, 6) is 0.768. The van der Waals surface area contributed by atoms with Gasteiger partial charge in [0, 0.05) is 36.4 Å². The highest BCUT2D eigenvalue weighted by atomic mass is 32.1. The first-order valence-electron chi connectivity index (χ1n) is 9.87. The Morgan fingerprint density at radius 3 is 2.79 bits per heavy atom. The topological polar surface area (TPSA) is 71.0 Å². The third kappa shape index (κ3) is 4.29. The minimum Gasteiger partial charge on any atom is -0.355 e. The number of aromatic nitrogens is 3. The molecule has 0 bridgehead atoms. The Morgan fingerprint density at radius 2 is 2.00 bits per heavy atom. The lowest BCUT2D eigenvalue weighted by molar-refractivity contribution is -0.120. The molecule has 0 saturated carbocycles. The van der Waals surface area contributed by atoms with Crippen LogP contribution < -0.4 is 10.2 Å². The molecule has 1 atom stereocenters. The molecule has 4 rings (SSSR count). The van der Waals surface area contributed by atoms with E-state index in [2.05, 4.69) is 58.1 Å². The molecule has 2 aromatic heterocycles. The number of nitrogens with zero attached hydrogens (tertiary/aromatic N) is 4. The van der Waals surface area contributed by atoms with Crippen LogP contribution in [0.4, 0.5) is 10.9 Å². The van der Waals surface area contributed by atoms with Crippen LogP contribution in [0.25, 0.3) is 11.3 Å². The smallest absolute Gasteiger partial charge is 0.231 e. The van der Waals surface area contributed by atoms with Crippen molar-refractivity contribution < 1.29 is 4.79 Å². The number of carbonyl (C=O) groups is 1. The van der Waals surface area contributed by atoms with Crippen molar-refractivity contribution in [2.75, 3.05) is 23.3 Å². The summed E-state index contributed by atoms with van der Waals surface area (Å²) in [7, 11) is 0. The third-order valence-corrected chi connectivity index (χ3v) is 6.27.